The van der Waals surface area contributed by atoms with Crippen LogP contribution in [0.3, 0.4) is 0 Å². The van der Waals surface area contributed by atoms with E-state index in [0.717, 1.165) is 45.0 Å². The Balaban J connectivity index is 0.00000306. The van der Waals surface area contributed by atoms with Crippen LogP contribution >= 0.6 is 24.0 Å². The highest BCUT2D eigenvalue weighted by atomic mass is 127. The number of aliphatic imine (C=N–C) groups is 1. The molecule has 2 fully saturated rings. The zero-order chi connectivity index (χ0) is 22.0. The van der Waals surface area contributed by atoms with E-state index in [9.17, 15) is 0 Å². The summed E-state index contributed by atoms with van der Waals surface area (Å²) in [5, 5.41) is 3.45. The molecule has 0 amide bonds. The van der Waals surface area contributed by atoms with Gasteiger partial charge in [-0.3, -0.25) is 0 Å². The normalized spacial score (nSPS) is 21.0. The molecule has 0 spiro atoms. The number of rotatable bonds is 8. The number of morpholine rings is 1. The van der Waals surface area contributed by atoms with Crippen molar-refractivity contribution in [3.8, 4) is 0 Å². The van der Waals surface area contributed by atoms with Crippen LogP contribution in [0, 0.1) is 0 Å². The van der Waals surface area contributed by atoms with E-state index < -0.39 is 0 Å². The number of hydrogen-bond donors (Lipinski definition) is 1. The van der Waals surface area contributed by atoms with E-state index in [-0.39, 0.29) is 36.2 Å². The highest BCUT2D eigenvalue weighted by Gasteiger charge is 2.32. The molecule has 2 unspecified atom stereocenters. The van der Waals surface area contributed by atoms with Crippen LogP contribution in [-0.2, 0) is 34.0 Å². The zero-order valence-corrected chi connectivity index (χ0v) is 21.8. The number of halogens is 1. The lowest BCUT2D eigenvalue weighted by Gasteiger charge is -2.37. The molecule has 2 aliphatic rings. The molecule has 2 aromatic carbocycles. The summed E-state index contributed by atoms with van der Waals surface area (Å²) in [5.41, 5.74) is 3.56. The fourth-order valence-electron chi connectivity index (χ4n) is 4.18. The maximum atomic E-state index is 6.00. The monoisotopic (exact) mass is 565 g/mol. The second kappa shape index (κ2) is 13.9. The van der Waals surface area contributed by atoms with Crippen LogP contribution in [0.5, 0.6) is 0 Å². The van der Waals surface area contributed by atoms with Crippen LogP contribution < -0.4 is 5.32 Å². The molecule has 6 nitrogen and oxygen atoms in total. The third kappa shape index (κ3) is 7.95. The van der Waals surface area contributed by atoms with Gasteiger partial charge in [0.1, 0.15) is 6.10 Å². The van der Waals surface area contributed by atoms with Crippen LogP contribution in [-0.4, -0.2) is 55.9 Å². The molecule has 7 heteroatoms. The summed E-state index contributed by atoms with van der Waals surface area (Å²) in [5.74, 6) is 0.953. The van der Waals surface area contributed by atoms with Crippen molar-refractivity contribution in [3.63, 3.8) is 0 Å². The molecule has 0 aromatic heterocycles. The van der Waals surface area contributed by atoms with Crippen molar-refractivity contribution in [3.05, 3.63) is 71.3 Å². The van der Waals surface area contributed by atoms with Crippen molar-refractivity contribution in [1.82, 2.24) is 10.2 Å². The molecule has 33 heavy (non-hydrogen) atoms. The summed E-state index contributed by atoms with van der Waals surface area (Å²) in [4.78, 5) is 7.21. The van der Waals surface area contributed by atoms with Gasteiger partial charge < -0.3 is 24.4 Å². The lowest BCUT2D eigenvalue weighted by atomic mass is 10.1. The second-order valence-corrected chi connectivity index (χ2v) is 8.37. The molecule has 2 heterocycles. The Labute approximate surface area is 214 Å². The molecule has 4 rings (SSSR count). The number of guanidine groups is 1. The van der Waals surface area contributed by atoms with Crippen molar-refractivity contribution in [2.75, 3.05) is 32.8 Å². The summed E-state index contributed by atoms with van der Waals surface area (Å²) in [6.07, 6.45) is 2.57. The van der Waals surface area contributed by atoms with Gasteiger partial charge in [0.05, 0.1) is 32.5 Å². The average molecular weight is 565 g/mol. The molecule has 2 saturated heterocycles. The summed E-state index contributed by atoms with van der Waals surface area (Å²) < 4.78 is 17.7. The van der Waals surface area contributed by atoms with E-state index in [4.69, 9.17) is 19.2 Å². The predicted octanol–water partition coefficient (Wildman–Crippen LogP) is 4.37. The van der Waals surface area contributed by atoms with Crippen molar-refractivity contribution in [2.24, 2.45) is 4.99 Å². The maximum absolute atomic E-state index is 6.00. The minimum Gasteiger partial charge on any atom is -0.375 e. The van der Waals surface area contributed by atoms with Crippen LogP contribution in [0.15, 0.2) is 59.6 Å². The van der Waals surface area contributed by atoms with Gasteiger partial charge in [-0.05, 0) is 36.5 Å². The number of ether oxygens (including phenoxy) is 3. The number of nitrogens with zero attached hydrogens (tertiary/aromatic N) is 2. The minimum atomic E-state index is 0. The van der Waals surface area contributed by atoms with Crippen LogP contribution in [0.2, 0.25) is 0 Å². The quantitative estimate of drug-likeness (QED) is 0.293. The van der Waals surface area contributed by atoms with Crippen molar-refractivity contribution in [2.45, 2.75) is 51.7 Å². The van der Waals surface area contributed by atoms with Crippen molar-refractivity contribution >= 4 is 29.9 Å². The van der Waals surface area contributed by atoms with Gasteiger partial charge in [-0.15, -0.1) is 24.0 Å². The highest BCUT2D eigenvalue weighted by molar-refractivity contribution is 14.0. The number of benzene rings is 2. The van der Waals surface area contributed by atoms with Gasteiger partial charge in [0.15, 0.2) is 5.96 Å². The third-order valence-electron chi connectivity index (χ3n) is 5.92. The van der Waals surface area contributed by atoms with Crippen molar-refractivity contribution in [1.29, 1.82) is 0 Å². The summed E-state index contributed by atoms with van der Waals surface area (Å²) in [7, 11) is 0. The molecule has 0 radical (unpaired) electrons. The molecule has 0 saturated carbocycles. The van der Waals surface area contributed by atoms with Gasteiger partial charge in [0.25, 0.3) is 0 Å². The first-order valence-electron chi connectivity index (χ1n) is 11.8. The van der Waals surface area contributed by atoms with Gasteiger partial charge in [-0.1, -0.05) is 54.6 Å². The smallest absolute Gasteiger partial charge is 0.194 e. The molecular formula is C26H36IN3O3. The molecule has 0 aliphatic carbocycles. The fourth-order valence-corrected chi connectivity index (χ4v) is 4.18. The van der Waals surface area contributed by atoms with Crippen LogP contribution in [0.4, 0.5) is 0 Å². The van der Waals surface area contributed by atoms with E-state index in [2.05, 4.69) is 53.5 Å². The minimum absolute atomic E-state index is 0. The molecule has 1 N–H and O–H groups in total. The topological polar surface area (TPSA) is 55.3 Å². The average Bonchev–Trinajstić information content (AvgIpc) is 3.39. The van der Waals surface area contributed by atoms with Gasteiger partial charge in [-0.25, -0.2) is 4.99 Å². The summed E-state index contributed by atoms with van der Waals surface area (Å²) in [6.45, 7) is 8.09. The molecule has 0 bridgehead atoms. The lowest BCUT2D eigenvalue weighted by Crippen LogP contribution is -2.53. The first kappa shape index (κ1) is 25.9. The third-order valence-corrected chi connectivity index (χ3v) is 5.92. The standard InChI is InChI=1S/C26H35N3O3.HI/c1-2-27-26(29-14-16-32-25(18-29)24-9-6-15-31-24)28-17-21-10-12-23(13-11-21)20-30-19-22-7-4-3-5-8-22;/h3-5,7-8,10-13,24-25H,2,6,9,14-20H2,1H3,(H,27,28);1H. The Morgan fingerprint density at radius 2 is 1.67 bits per heavy atom. The largest absolute Gasteiger partial charge is 0.375 e. The first-order chi connectivity index (χ1) is 15.8. The van der Waals surface area contributed by atoms with E-state index in [1.54, 1.807) is 0 Å². The van der Waals surface area contributed by atoms with Crippen LogP contribution in [0.1, 0.15) is 36.5 Å². The maximum Gasteiger partial charge on any atom is 0.194 e. The molecular weight excluding hydrogens is 529 g/mol. The van der Waals surface area contributed by atoms with Gasteiger partial charge in [0, 0.05) is 26.2 Å². The number of hydrogen-bond acceptors (Lipinski definition) is 4. The lowest BCUT2D eigenvalue weighted by molar-refractivity contribution is -0.0817. The van der Waals surface area contributed by atoms with E-state index in [1.165, 1.54) is 16.7 Å². The summed E-state index contributed by atoms with van der Waals surface area (Å²) >= 11 is 0. The first-order valence-corrected chi connectivity index (χ1v) is 11.8. The second-order valence-electron chi connectivity index (χ2n) is 8.37. The number of nitrogens with one attached hydrogen (secondary N) is 1. The molecule has 2 aliphatic heterocycles. The molecule has 2 aromatic rings. The molecule has 180 valence electrons. The Bertz CT molecular complexity index is 842. The van der Waals surface area contributed by atoms with E-state index in [0.29, 0.717) is 26.4 Å². The SMILES string of the molecule is CCNC(=NCc1ccc(COCc2ccccc2)cc1)N1CCOC(C2CCCO2)C1.I. The summed E-state index contributed by atoms with van der Waals surface area (Å²) in [6, 6.07) is 18.8. The van der Waals surface area contributed by atoms with Crippen molar-refractivity contribution < 1.29 is 14.2 Å². The van der Waals surface area contributed by atoms with Crippen LogP contribution in [0.25, 0.3) is 0 Å². The Hall–Kier alpha value is -1.68. The zero-order valence-electron chi connectivity index (χ0n) is 19.4. The van der Waals surface area contributed by atoms with Gasteiger partial charge >= 0.3 is 0 Å². The Morgan fingerprint density at radius 1 is 0.970 bits per heavy atom. The van der Waals surface area contributed by atoms with Gasteiger partial charge in [-0.2, -0.15) is 0 Å². The molecule has 2 atom stereocenters. The van der Waals surface area contributed by atoms with E-state index >= 15 is 0 Å². The van der Waals surface area contributed by atoms with Gasteiger partial charge in [0.2, 0.25) is 0 Å². The Morgan fingerprint density at radius 3 is 2.36 bits per heavy atom. The predicted molar refractivity (Wildman–Crippen MR) is 142 cm³/mol. The Kier molecular flexibility index (Phi) is 10.9. The highest BCUT2D eigenvalue weighted by Crippen LogP contribution is 2.21. The van der Waals surface area contributed by atoms with E-state index in [1.807, 2.05) is 18.2 Å². The fraction of sp³-hybridized carbons (Fsp3) is 0.500.